The molecular weight excluding hydrogens is 232 g/mol. The Hall–Kier alpha value is -1.73. The monoisotopic (exact) mass is 248 g/mol. The first-order chi connectivity index (χ1) is 7.82. The predicted octanol–water partition coefficient (Wildman–Crippen LogP) is 1.71. The summed E-state index contributed by atoms with van der Waals surface area (Å²) in [5, 5.41) is 11.0. The molecule has 1 N–H and O–H groups in total. The minimum absolute atomic E-state index is 0.113. The zero-order chi connectivity index (χ0) is 13.2. The van der Waals surface area contributed by atoms with Crippen LogP contribution in [-0.2, 0) is 4.74 Å². The van der Waals surface area contributed by atoms with Crippen LogP contribution in [0, 0.1) is 12.3 Å². The average molecular weight is 248 g/mol. The van der Waals surface area contributed by atoms with Gasteiger partial charge in [0.1, 0.15) is 11.3 Å². The lowest BCUT2D eigenvalue weighted by molar-refractivity contribution is 0.0597. The van der Waals surface area contributed by atoms with E-state index in [0.29, 0.717) is 5.56 Å². The molecule has 0 saturated heterocycles. The molecule has 1 aromatic rings. The highest BCUT2D eigenvalue weighted by Crippen LogP contribution is 2.23. The van der Waals surface area contributed by atoms with Crippen LogP contribution in [-0.4, -0.2) is 26.3 Å². The molecule has 0 spiro atoms. The molecular formula is C13H16O3Si. The van der Waals surface area contributed by atoms with Crippen LogP contribution in [0.5, 0.6) is 5.75 Å². The second-order valence-corrected chi connectivity index (χ2v) is 9.81. The Morgan fingerprint density at radius 1 is 1.41 bits per heavy atom. The number of phenols is 1. The third kappa shape index (κ3) is 2.51. The highest BCUT2D eigenvalue weighted by molar-refractivity contribution is 6.89. The number of hydrogen-bond donors (Lipinski definition) is 1. The van der Waals surface area contributed by atoms with Crippen LogP contribution in [0.1, 0.15) is 15.9 Å². The van der Waals surface area contributed by atoms with E-state index in [2.05, 4.69) is 30.3 Å². The second kappa shape index (κ2) is 4.64. The van der Waals surface area contributed by atoms with Gasteiger partial charge in [0.2, 0.25) is 0 Å². The van der Waals surface area contributed by atoms with E-state index in [4.69, 9.17) is 6.42 Å². The van der Waals surface area contributed by atoms with Crippen molar-refractivity contribution in [2.24, 2.45) is 0 Å². The minimum Gasteiger partial charge on any atom is -0.506 e. The largest absolute Gasteiger partial charge is 0.506 e. The fraction of sp³-hybridized carbons (Fsp3) is 0.308. The number of ether oxygens (including phenoxy) is 1. The maximum atomic E-state index is 11.4. The van der Waals surface area contributed by atoms with Crippen LogP contribution >= 0.6 is 0 Å². The van der Waals surface area contributed by atoms with Gasteiger partial charge in [-0.05, 0) is 11.3 Å². The van der Waals surface area contributed by atoms with E-state index in [1.165, 1.54) is 7.11 Å². The second-order valence-electron chi connectivity index (χ2n) is 4.77. The van der Waals surface area contributed by atoms with Crippen molar-refractivity contribution >= 4 is 19.2 Å². The van der Waals surface area contributed by atoms with Crippen molar-refractivity contribution in [3.8, 4) is 18.1 Å². The van der Waals surface area contributed by atoms with Gasteiger partial charge in [0.05, 0.1) is 20.7 Å². The molecule has 1 rings (SSSR count). The lowest BCUT2D eigenvalue weighted by atomic mass is 10.1. The Balaban J connectivity index is 3.50. The van der Waals surface area contributed by atoms with Gasteiger partial charge in [-0.15, -0.1) is 6.42 Å². The van der Waals surface area contributed by atoms with Crippen LogP contribution in [0.15, 0.2) is 12.1 Å². The minimum atomic E-state index is -1.65. The molecule has 4 heteroatoms. The lowest BCUT2D eigenvalue weighted by Gasteiger charge is -2.20. The van der Waals surface area contributed by atoms with Gasteiger partial charge < -0.3 is 9.84 Å². The molecule has 0 unspecified atom stereocenters. The highest BCUT2D eigenvalue weighted by atomic mass is 28.3. The molecule has 0 aliphatic heterocycles. The zero-order valence-corrected chi connectivity index (χ0v) is 11.5. The number of carbonyl (C=O) groups excluding carboxylic acids is 1. The summed E-state index contributed by atoms with van der Waals surface area (Å²) in [7, 11) is -0.385. The molecule has 17 heavy (non-hydrogen) atoms. The molecule has 90 valence electrons. The van der Waals surface area contributed by atoms with Gasteiger partial charge in [-0.1, -0.05) is 31.6 Å². The third-order valence-electron chi connectivity index (χ3n) is 2.54. The maximum Gasteiger partial charge on any atom is 0.341 e. The normalized spacial score (nSPS) is 10.8. The molecule has 0 radical (unpaired) electrons. The lowest BCUT2D eigenvalue weighted by Crippen LogP contribution is -2.39. The van der Waals surface area contributed by atoms with E-state index in [9.17, 15) is 9.90 Å². The summed E-state index contributed by atoms with van der Waals surface area (Å²) in [4.78, 5) is 11.4. The van der Waals surface area contributed by atoms with Gasteiger partial charge in [-0.25, -0.2) is 4.79 Å². The van der Waals surface area contributed by atoms with Crippen LogP contribution in [0.3, 0.4) is 0 Å². The molecule has 0 heterocycles. The fourth-order valence-corrected chi connectivity index (χ4v) is 3.16. The number of aromatic hydroxyl groups is 1. The van der Waals surface area contributed by atoms with E-state index in [1.807, 2.05) is 6.07 Å². The molecule has 0 atom stereocenters. The van der Waals surface area contributed by atoms with Gasteiger partial charge >= 0.3 is 5.97 Å². The molecule has 0 amide bonds. The van der Waals surface area contributed by atoms with E-state index in [0.717, 1.165) is 5.19 Å². The topological polar surface area (TPSA) is 46.5 Å². The van der Waals surface area contributed by atoms with E-state index in [-0.39, 0.29) is 11.3 Å². The van der Waals surface area contributed by atoms with Gasteiger partial charge in [0.25, 0.3) is 0 Å². The highest BCUT2D eigenvalue weighted by Gasteiger charge is 2.24. The summed E-state index contributed by atoms with van der Waals surface area (Å²) < 4.78 is 4.59. The molecule has 0 aromatic heterocycles. The Morgan fingerprint density at radius 3 is 2.41 bits per heavy atom. The number of hydrogen-bond acceptors (Lipinski definition) is 3. The average Bonchev–Trinajstić information content (AvgIpc) is 2.26. The third-order valence-corrected chi connectivity index (χ3v) is 4.57. The van der Waals surface area contributed by atoms with Gasteiger partial charge in [0.15, 0.2) is 0 Å². The van der Waals surface area contributed by atoms with Gasteiger partial charge in [-0.3, -0.25) is 0 Å². The summed E-state index contributed by atoms with van der Waals surface area (Å²) in [5.41, 5.74) is 0.523. The molecule has 3 nitrogen and oxygen atoms in total. The predicted molar refractivity (Wildman–Crippen MR) is 70.4 cm³/mol. The van der Waals surface area contributed by atoms with Crippen molar-refractivity contribution in [2.75, 3.05) is 7.11 Å². The van der Waals surface area contributed by atoms with Gasteiger partial charge in [-0.2, -0.15) is 0 Å². The van der Waals surface area contributed by atoms with Crippen molar-refractivity contribution in [3.05, 3.63) is 23.3 Å². The number of esters is 1. The zero-order valence-electron chi connectivity index (χ0n) is 10.5. The molecule has 0 aliphatic rings. The van der Waals surface area contributed by atoms with Crippen molar-refractivity contribution < 1.29 is 14.6 Å². The number of phenolic OH excluding ortho intramolecular Hbond substituents is 1. The first-order valence-corrected chi connectivity index (χ1v) is 8.74. The van der Waals surface area contributed by atoms with Crippen molar-refractivity contribution in [1.29, 1.82) is 0 Å². The Morgan fingerprint density at radius 2 is 2.00 bits per heavy atom. The van der Waals surface area contributed by atoms with Crippen molar-refractivity contribution in [1.82, 2.24) is 0 Å². The Bertz CT molecular complexity index is 493. The Kier molecular flexibility index (Phi) is 3.64. The molecule has 0 fully saturated rings. The van der Waals surface area contributed by atoms with Crippen LogP contribution in [0.25, 0.3) is 0 Å². The van der Waals surface area contributed by atoms with E-state index < -0.39 is 14.0 Å². The van der Waals surface area contributed by atoms with E-state index >= 15 is 0 Å². The number of terminal acetylenes is 1. The molecule has 0 saturated carbocycles. The maximum absolute atomic E-state index is 11.4. The van der Waals surface area contributed by atoms with Crippen LogP contribution in [0.4, 0.5) is 0 Å². The first-order valence-electron chi connectivity index (χ1n) is 5.24. The Labute approximate surface area is 102 Å². The summed E-state index contributed by atoms with van der Waals surface area (Å²) in [6, 6.07) is 3.38. The van der Waals surface area contributed by atoms with Crippen molar-refractivity contribution in [3.63, 3.8) is 0 Å². The summed E-state index contributed by atoms with van der Waals surface area (Å²) in [5.74, 6) is 1.73. The van der Waals surface area contributed by atoms with Gasteiger partial charge in [0, 0.05) is 0 Å². The number of benzene rings is 1. The summed E-state index contributed by atoms with van der Waals surface area (Å²) in [6.45, 7) is 6.38. The number of rotatable bonds is 2. The number of methoxy groups -OCH3 is 1. The summed E-state index contributed by atoms with van der Waals surface area (Å²) >= 11 is 0. The summed E-state index contributed by atoms with van der Waals surface area (Å²) in [6.07, 6.45) is 5.42. The van der Waals surface area contributed by atoms with Crippen LogP contribution < -0.4 is 5.19 Å². The SMILES string of the molecule is C#Cc1c([Si](C)(C)C)ccc(C(=O)OC)c1O. The number of carbonyl (C=O) groups is 1. The fourth-order valence-electron chi connectivity index (χ4n) is 1.64. The quantitative estimate of drug-likeness (QED) is 0.492. The first kappa shape index (κ1) is 13.3. The molecule has 0 bridgehead atoms. The van der Waals surface area contributed by atoms with Crippen molar-refractivity contribution in [2.45, 2.75) is 19.6 Å². The van der Waals surface area contributed by atoms with Crippen LogP contribution in [0.2, 0.25) is 19.6 Å². The standard InChI is InChI=1S/C13H16O3Si/c1-6-9-11(17(3,4)5)8-7-10(12(9)14)13(15)16-2/h1,7-8,14H,2-5H3. The van der Waals surface area contributed by atoms with E-state index in [1.54, 1.807) is 6.07 Å². The molecule has 1 aromatic carbocycles. The smallest absolute Gasteiger partial charge is 0.341 e. The molecule has 0 aliphatic carbocycles.